The lowest BCUT2D eigenvalue weighted by Gasteiger charge is -2.16. The van der Waals surface area contributed by atoms with E-state index in [1.807, 2.05) is 0 Å². The molecule has 0 amide bonds. The van der Waals surface area contributed by atoms with E-state index in [-0.39, 0.29) is 6.10 Å². The van der Waals surface area contributed by atoms with Crippen molar-refractivity contribution in [2.45, 2.75) is 33.3 Å². The van der Waals surface area contributed by atoms with Crippen molar-refractivity contribution in [3.05, 3.63) is 0 Å². The molecule has 0 radical (unpaired) electrons. The zero-order valence-electron chi connectivity index (χ0n) is 9.47. The lowest BCUT2D eigenvalue weighted by Crippen LogP contribution is -2.30. The Bertz CT molecular complexity index is 283. The number of carbonyl (C=O) groups excluding carboxylic acids is 1. The van der Waals surface area contributed by atoms with E-state index in [1.54, 1.807) is 13.8 Å². The Balaban J connectivity index is 4.52. The summed E-state index contributed by atoms with van der Waals surface area (Å²) in [7, 11) is 0. The maximum Gasteiger partial charge on any atom is 0.307 e. The molecule has 2 atom stereocenters. The molecule has 0 aromatic rings. The number of ether oxygens (including phenoxy) is 1. The van der Waals surface area contributed by atoms with Gasteiger partial charge in [-0.05, 0) is 13.8 Å². The molecule has 0 bridgehead atoms. The fraction of sp³-hybridized carbons (Fsp3) is 0.700. The first kappa shape index (κ1) is 14.4. The van der Waals surface area contributed by atoms with Crippen molar-refractivity contribution in [2.24, 2.45) is 11.8 Å². The topological polar surface area (TPSA) is 101 Å². The van der Waals surface area contributed by atoms with E-state index in [1.165, 1.54) is 6.92 Å². The fourth-order valence-electron chi connectivity index (χ4n) is 1.14. The van der Waals surface area contributed by atoms with E-state index in [0.717, 1.165) is 0 Å². The highest BCUT2D eigenvalue weighted by Crippen LogP contribution is 2.17. The summed E-state index contributed by atoms with van der Waals surface area (Å²) in [6.45, 7) is 4.52. The van der Waals surface area contributed by atoms with Crippen LogP contribution < -0.4 is 0 Å². The molecule has 0 spiro atoms. The minimum atomic E-state index is -1.31. The van der Waals surface area contributed by atoms with Crippen LogP contribution in [-0.2, 0) is 19.1 Å². The van der Waals surface area contributed by atoms with Crippen molar-refractivity contribution in [3.8, 4) is 0 Å². The van der Waals surface area contributed by atoms with Gasteiger partial charge in [-0.1, -0.05) is 6.92 Å². The van der Waals surface area contributed by atoms with Gasteiger partial charge >= 0.3 is 17.9 Å². The van der Waals surface area contributed by atoms with Gasteiger partial charge in [0.1, 0.15) is 0 Å². The minimum absolute atomic E-state index is 0.345. The molecule has 2 unspecified atom stereocenters. The summed E-state index contributed by atoms with van der Waals surface area (Å²) in [6, 6.07) is 0. The standard InChI is InChI=1S/C10H16O6/c1-5(2)16-8(11)4-7(10(14)15)6(3)9(12)13/h5-7H,4H2,1-3H3,(H,12,13)(H,14,15). The van der Waals surface area contributed by atoms with Crippen LogP contribution in [0.25, 0.3) is 0 Å². The summed E-state index contributed by atoms with van der Waals surface area (Å²) in [5.74, 6) is -5.64. The smallest absolute Gasteiger partial charge is 0.307 e. The Labute approximate surface area is 93.2 Å². The van der Waals surface area contributed by atoms with Crippen LogP contribution >= 0.6 is 0 Å². The summed E-state index contributed by atoms with van der Waals surface area (Å²) in [5.41, 5.74) is 0. The van der Waals surface area contributed by atoms with E-state index >= 15 is 0 Å². The molecule has 0 heterocycles. The molecule has 0 aromatic heterocycles. The van der Waals surface area contributed by atoms with Crippen LogP contribution in [0.4, 0.5) is 0 Å². The molecule has 6 nitrogen and oxygen atoms in total. The van der Waals surface area contributed by atoms with Gasteiger partial charge in [0.15, 0.2) is 0 Å². The molecule has 6 heteroatoms. The van der Waals surface area contributed by atoms with Gasteiger partial charge in [-0.3, -0.25) is 14.4 Å². The van der Waals surface area contributed by atoms with E-state index in [9.17, 15) is 14.4 Å². The summed E-state index contributed by atoms with van der Waals surface area (Å²) in [4.78, 5) is 32.6. The Morgan fingerprint density at radius 2 is 1.56 bits per heavy atom. The second-order valence-corrected chi connectivity index (χ2v) is 3.81. The molecule has 0 fully saturated rings. The summed E-state index contributed by atoms with van der Waals surface area (Å²) >= 11 is 0. The number of rotatable bonds is 6. The highest BCUT2D eigenvalue weighted by Gasteiger charge is 2.32. The normalized spacial score (nSPS) is 14.2. The fourth-order valence-corrected chi connectivity index (χ4v) is 1.14. The lowest BCUT2D eigenvalue weighted by atomic mass is 9.91. The number of esters is 1. The Morgan fingerprint density at radius 1 is 1.06 bits per heavy atom. The number of hydrogen-bond donors (Lipinski definition) is 2. The van der Waals surface area contributed by atoms with Crippen molar-refractivity contribution in [2.75, 3.05) is 0 Å². The summed E-state index contributed by atoms with van der Waals surface area (Å²) < 4.78 is 4.77. The minimum Gasteiger partial charge on any atom is -0.481 e. The van der Waals surface area contributed by atoms with Gasteiger partial charge in [-0.25, -0.2) is 0 Å². The first-order chi connectivity index (χ1) is 7.25. The zero-order valence-corrected chi connectivity index (χ0v) is 9.47. The van der Waals surface area contributed by atoms with Crippen LogP contribution in [0.2, 0.25) is 0 Å². The molecule has 0 saturated heterocycles. The van der Waals surface area contributed by atoms with E-state index in [2.05, 4.69) is 0 Å². The molecule has 0 aliphatic heterocycles. The van der Waals surface area contributed by atoms with Gasteiger partial charge in [0.25, 0.3) is 0 Å². The first-order valence-electron chi connectivity index (χ1n) is 4.90. The molecule has 0 aliphatic carbocycles. The van der Waals surface area contributed by atoms with Gasteiger partial charge in [0.05, 0.1) is 24.4 Å². The van der Waals surface area contributed by atoms with Crippen LogP contribution in [0.3, 0.4) is 0 Å². The highest BCUT2D eigenvalue weighted by molar-refractivity contribution is 5.84. The predicted octanol–water partition coefficient (Wildman–Crippen LogP) is 0.750. The molecule has 0 aliphatic rings. The Kier molecular flexibility index (Phi) is 5.49. The van der Waals surface area contributed by atoms with Crippen molar-refractivity contribution >= 4 is 17.9 Å². The average Bonchev–Trinajstić information content (AvgIpc) is 2.11. The van der Waals surface area contributed by atoms with E-state index < -0.39 is 36.2 Å². The maximum absolute atomic E-state index is 11.2. The van der Waals surface area contributed by atoms with Crippen molar-refractivity contribution < 1.29 is 29.3 Å². The zero-order chi connectivity index (χ0) is 12.9. The van der Waals surface area contributed by atoms with E-state index in [0.29, 0.717) is 0 Å². The largest absolute Gasteiger partial charge is 0.481 e. The number of aliphatic carboxylic acids is 2. The predicted molar refractivity (Wildman–Crippen MR) is 53.8 cm³/mol. The summed E-state index contributed by atoms with van der Waals surface area (Å²) in [5, 5.41) is 17.5. The number of carbonyl (C=O) groups is 3. The van der Waals surface area contributed by atoms with Gasteiger partial charge < -0.3 is 14.9 Å². The quantitative estimate of drug-likeness (QED) is 0.655. The van der Waals surface area contributed by atoms with Crippen molar-refractivity contribution in [1.29, 1.82) is 0 Å². The third-order valence-electron chi connectivity index (χ3n) is 2.06. The van der Waals surface area contributed by atoms with Gasteiger partial charge in [-0.2, -0.15) is 0 Å². The van der Waals surface area contributed by atoms with Crippen LogP contribution in [0.1, 0.15) is 27.2 Å². The summed E-state index contributed by atoms with van der Waals surface area (Å²) in [6.07, 6.45) is -0.775. The number of carboxylic acids is 2. The Hall–Kier alpha value is -1.59. The molecule has 0 saturated carbocycles. The number of hydrogen-bond acceptors (Lipinski definition) is 4. The third-order valence-corrected chi connectivity index (χ3v) is 2.06. The second-order valence-electron chi connectivity index (χ2n) is 3.81. The molecule has 0 rings (SSSR count). The van der Waals surface area contributed by atoms with Gasteiger partial charge in [-0.15, -0.1) is 0 Å². The molecular weight excluding hydrogens is 216 g/mol. The molecule has 16 heavy (non-hydrogen) atoms. The van der Waals surface area contributed by atoms with E-state index in [4.69, 9.17) is 14.9 Å². The van der Waals surface area contributed by atoms with Crippen LogP contribution in [-0.4, -0.2) is 34.2 Å². The Morgan fingerprint density at radius 3 is 1.88 bits per heavy atom. The second kappa shape index (κ2) is 6.09. The molecule has 92 valence electrons. The van der Waals surface area contributed by atoms with Crippen LogP contribution in [0.15, 0.2) is 0 Å². The molecule has 2 N–H and O–H groups in total. The average molecular weight is 232 g/mol. The van der Waals surface area contributed by atoms with Crippen LogP contribution in [0, 0.1) is 11.8 Å². The SMILES string of the molecule is CC(C)OC(=O)CC(C(=O)O)C(C)C(=O)O. The number of carboxylic acid groups (broad SMARTS) is 2. The van der Waals surface area contributed by atoms with Crippen molar-refractivity contribution in [3.63, 3.8) is 0 Å². The monoisotopic (exact) mass is 232 g/mol. The molecule has 0 aromatic carbocycles. The van der Waals surface area contributed by atoms with Crippen molar-refractivity contribution in [1.82, 2.24) is 0 Å². The molecular formula is C10H16O6. The maximum atomic E-state index is 11.2. The first-order valence-corrected chi connectivity index (χ1v) is 4.90. The van der Waals surface area contributed by atoms with Gasteiger partial charge in [0, 0.05) is 0 Å². The van der Waals surface area contributed by atoms with Crippen LogP contribution in [0.5, 0.6) is 0 Å². The third kappa shape index (κ3) is 4.77. The highest BCUT2D eigenvalue weighted by atomic mass is 16.5. The lowest BCUT2D eigenvalue weighted by molar-refractivity contribution is -0.159. The van der Waals surface area contributed by atoms with Gasteiger partial charge in [0.2, 0.25) is 0 Å².